The molecule has 0 aliphatic carbocycles. The normalized spacial score (nSPS) is 12.1. The quantitative estimate of drug-likeness (QED) is 0.0814. The Morgan fingerprint density at radius 1 is 0.675 bits per heavy atom. The Morgan fingerprint density at radius 2 is 1.18 bits per heavy atom. The van der Waals surface area contributed by atoms with Crippen molar-refractivity contribution in [1.29, 1.82) is 0 Å². The van der Waals surface area contributed by atoms with Crippen molar-refractivity contribution in [2.45, 2.75) is 122 Å². The number of carbonyl (C=O) groups is 3. The summed E-state index contributed by atoms with van der Waals surface area (Å²) in [5, 5.41) is 16.2. The van der Waals surface area contributed by atoms with Gasteiger partial charge in [0.2, 0.25) is 0 Å². The third-order valence-corrected chi connectivity index (χ3v) is 6.55. The molecule has 0 heterocycles. The second-order valence-corrected chi connectivity index (χ2v) is 11.7. The van der Waals surface area contributed by atoms with E-state index < -0.39 is 24.2 Å². The molecular weight excluding hydrogens is 514 g/mol. The molecule has 0 rings (SSSR count). The number of hydrogen-bond donors (Lipinski definition) is 2. The molecular formula is C30H59N3O7. The molecule has 0 fully saturated rings. The van der Waals surface area contributed by atoms with Crippen molar-refractivity contribution < 1.29 is 38.2 Å². The van der Waals surface area contributed by atoms with Crippen molar-refractivity contribution in [3.63, 3.8) is 0 Å². The van der Waals surface area contributed by atoms with Crippen LogP contribution in [0.2, 0.25) is 0 Å². The number of aliphatic carboxylic acids is 1. The number of quaternary nitrogens is 1. The Kier molecular flexibility index (Phi) is 24.5. The van der Waals surface area contributed by atoms with Crippen molar-refractivity contribution in [3.8, 4) is 0 Å². The molecule has 1 atom stereocenters. The van der Waals surface area contributed by atoms with E-state index in [0.29, 0.717) is 17.4 Å². The van der Waals surface area contributed by atoms with E-state index in [0.717, 1.165) is 12.8 Å². The summed E-state index contributed by atoms with van der Waals surface area (Å²) in [7, 11) is 5.43. The number of nitrogens with one attached hydrogen (secondary N) is 2. The van der Waals surface area contributed by atoms with Crippen molar-refractivity contribution in [1.82, 2.24) is 10.6 Å². The largest absolute Gasteiger partial charge is 0.548 e. The van der Waals surface area contributed by atoms with Crippen LogP contribution in [0.15, 0.2) is 0 Å². The van der Waals surface area contributed by atoms with Crippen LogP contribution in [0.4, 0.5) is 9.59 Å². The maximum atomic E-state index is 11.8. The highest BCUT2D eigenvalue weighted by atomic mass is 16.7. The number of carboxylic acids is 1. The van der Waals surface area contributed by atoms with Gasteiger partial charge in [0.05, 0.1) is 40.3 Å². The van der Waals surface area contributed by atoms with Crippen LogP contribution in [0.5, 0.6) is 0 Å². The minimum Gasteiger partial charge on any atom is -0.548 e. The average Bonchev–Trinajstić information content (AvgIpc) is 2.88. The van der Waals surface area contributed by atoms with Gasteiger partial charge in [-0.05, 0) is 6.42 Å². The van der Waals surface area contributed by atoms with E-state index >= 15 is 0 Å². The number of carboxylic acid groups (broad SMARTS) is 1. The molecule has 0 bridgehead atoms. The second-order valence-electron chi connectivity index (χ2n) is 11.7. The van der Waals surface area contributed by atoms with Crippen LogP contribution in [0.1, 0.15) is 116 Å². The molecule has 2 amide bonds. The Balaban J connectivity index is 3.44. The van der Waals surface area contributed by atoms with E-state index in [2.05, 4.69) is 17.6 Å². The third kappa shape index (κ3) is 27.5. The molecule has 0 aliphatic heterocycles. The number of alkyl carbamates (subject to hydrolysis) is 2. The fourth-order valence-corrected chi connectivity index (χ4v) is 4.31. The minimum atomic E-state index is -1.36. The lowest BCUT2D eigenvalue weighted by Gasteiger charge is -2.29. The Hall–Kier alpha value is -2.07. The lowest BCUT2D eigenvalue weighted by molar-refractivity contribution is -0.870. The predicted octanol–water partition coefficient (Wildman–Crippen LogP) is 4.89. The highest BCUT2D eigenvalue weighted by Crippen LogP contribution is 2.13. The molecule has 0 radical (unpaired) electrons. The van der Waals surface area contributed by atoms with E-state index in [4.69, 9.17) is 14.2 Å². The molecule has 10 nitrogen and oxygen atoms in total. The van der Waals surface area contributed by atoms with Gasteiger partial charge in [-0.2, -0.15) is 0 Å². The number of ether oxygens (including phenoxy) is 3. The first-order valence-electron chi connectivity index (χ1n) is 15.6. The van der Waals surface area contributed by atoms with Gasteiger partial charge in [-0.25, -0.2) is 9.59 Å². The first-order chi connectivity index (χ1) is 19.2. The third-order valence-electron chi connectivity index (χ3n) is 6.55. The van der Waals surface area contributed by atoms with Crippen molar-refractivity contribution in [2.75, 3.05) is 54.2 Å². The van der Waals surface area contributed by atoms with Gasteiger partial charge in [0.25, 0.3) is 0 Å². The first kappa shape index (κ1) is 37.9. The van der Waals surface area contributed by atoms with Gasteiger partial charge >= 0.3 is 12.2 Å². The monoisotopic (exact) mass is 573 g/mol. The van der Waals surface area contributed by atoms with Gasteiger partial charge in [-0.3, -0.25) is 0 Å². The number of hydrogen-bond acceptors (Lipinski definition) is 7. The number of unbranched alkanes of at least 4 members (excludes halogenated alkanes) is 15. The summed E-state index contributed by atoms with van der Waals surface area (Å²) in [6, 6.07) is -1.14. The van der Waals surface area contributed by atoms with E-state index in [1.165, 1.54) is 89.9 Å². The van der Waals surface area contributed by atoms with Gasteiger partial charge in [0.15, 0.2) is 6.79 Å². The van der Waals surface area contributed by atoms with Gasteiger partial charge < -0.3 is 39.2 Å². The summed E-state index contributed by atoms with van der Waals surface area (Å²) in [6.45, 7) is 3.10. The Morgan fingerprint density at radius 3 is 1.65 bits per heavy atom. The van der Waals surface area contributed by atoms with E-state index in [9.17, 15) is 19.5 Å². The van der Waals surface area contributed by atoms with Crippen LogP contribution in [0.25, 0.3) is 0 Å². The number of rotatable bonds is 27. The Labute approximate surface area is 243 Å². The molecule has 40 heavy (non-hydrogen) atoms. The first-order valence-corrected chi connectivity index (χ1v) is 15.6. The molecule has 2 N–H and O–H groups in total. The molecule has 0 aromatic rings. The molecule has 1 unspecified atom stereocenters. The average molecular weight is 574 g/mol. The van der Waals surface area contributed by atoms with Crippen LogP contribution in [-0.4, -0.2) is 82.9 Å². The summed E-state index contributed by atoms with van der Waals surface area (Å²) in [5.41, 5.74) is 0. The Bertz CT molecular complexity index is 641. The standard InChI is InChI=1S/C30H59N3O7/c1-5-6-7-8-9-10-11-12-13-14-15-16-17-18-19-20-22-31-29(36)40-26-38-23-21-24-39-30(37)32-27(28(34)35)25-33(2,3)4/h27H,5-26H2,1-4H3,(H2-,31,32,34,35,36,37). The fourth-order valence-electron chi connectivity index (χ4n) is 4.31. The lowest BCUT2D eigenvalue weighted by Crippen LogP contribution is -2.56. The zero-order valence-electron chi connectivity index (χ0n) is 25.9. The van der Waals surface area contributed by atoms with Crippen molar-refractivity contribution in [2.24, 2.45) is 0 Å². The van der Waals surface area contributed by atoms with Gasteiger partial charge in [0.1, 0.15) is 12.6 Å². The van der Waals surface area contributed by atoms with Crippen molar-refractivity contribution in [3.05, 3.63) is 0 Å². The fraction of sp³-hybridized carbons (Fsp3) is 0.900. The van der Waals surface area contributed by atoms with Crippen LogP contribution in [-0.2, 0) is 19.0 Å². The molecule has 0 aromatic carbocycles. The highest BCUT2D eigenvalue weighted by molar-refractivity contribution is 5.78. The smallest absolute Gasteiger partial charge is 0.409 e. The summed E-state index contributed by atoms with van der Waals surface area (Å²) >= 11 is 0. The van der Waals surface area contributed by atoms with Gasteiger partial charge in [-0.1, -0.05) is 103 Å². The van der Waals surface area contributed by atoms with Crippen molar-refractivity contribution >= 4 is 18.2 Å². The zero-order valence-corrected chi connectivity index (χ0v) is 25.9. The molecule has 0 spiro atoms. The maximum Gasteiger partial charge on any atom is 0.409 e. The molecule has 10 heteroatoms. The van der Waals surface area contributed by atoms with Gasteiger partial charge in [-0.15, -0.1) is 0 Å². The summed E-state index contributed by atoms with van der Waals surface area (Å²) in [6.07, 6.45) is 20.0. The summed E-state index contributed by atoms with van der Waals surface area (Å²) in [5.74, 6) is -1.36. The van der Waals surface area contributed by atoms with E-state index in [1.54, 1.807) is 0 Å². The van der Waals surface area contributed by atoms with Crippen LogP contribution < -0.4 is 15.7 Å². The minimum absolute atomic E-state index is 0.0431. The molecule has 0 saturated heterocycles. The summed E-state index contributed by atoms with van der Waals surface area (Å²) in [4.78, 5) is 34.6. The highest BCUT2D eigenvalue weighted by Gasteiger charge is 2.21. The SMILES string of the molecule is CCCCCCCCCCCCCCCCCCNC(=O)OCOCCCOC(=O)NC(C[N+](C)(C)C)C(=O)[O-]. The maximum absolute atomic E-state index is 11.8. The number of likely N-dealkylation sites (N-methyl/N-ethyl adjacent to an activating group) is 1. The molecule has 0 aromatic heterocycles. The van der Waals surface area contributed by atoms with E-state index in [1.807, 2.05) is 21.1 Å². The molecule has 0 saturated carbocycles. The van der Waals surface area contributed by atoms with Crippen LogP contribution >= 0.6 is 0 Å². The molecule has 0 aliphatic rings. The topological polar surface area (TPSA) is 126 Å². The predicted molar refractivity (Wildman–Crippen MR) is 156 cm³/mol. The van der Waals surface area contributed by atoms with Gasteiger partial charge in [0, 0.05) is 13.0 Å². The second kappa shape index (κ2) is 25.9. The van der Waals surface area contributed by atoms with Crippen LogP contribution in [0.3, 0.4) is 0 Å². The number of nitrogens with zero attached hydrogens (tertiary/aromatic N) is 1. The summed E-state index contributed by atoms with van der Waals surface area (Å²) < 4.78 is 15.5. The molecule has 236 valence electrons. The van der Waals surface area contributed by atoms with E-state index in [-0.39, 0.29) is 26.6 Å². The zero-order chi connectivity index (χ0) is 29.9. The van der Waals surface area contributed by atoms with Crippen LogP contribution in [0, 0.1) is 0 Å². The number of carbonyl (C=O) groups excluding carboxylic acids is 3. The lowest BCUT2D eigenvalue weighted by atomic mass is 10.0. The number of amides is 2.